The highest BCUT2D eigenvalue weighted by atomic mass is 19.1. The van der Waals surface area contributed by atoms with Crippen LogP contribution in [0.15, 0.2) is 24.3 Å². The van der Waals surface area contributed by atoms with Crippen molar-refractivity contribution in [1.82, 2.24) is 4.90 Å². The van der Waals surface area contributed by atoms with Gasteiger partial charge < -0.3 is 9.47 Å². The highest BCUT2D eigenvalue weighted by Gasteiger charge is 2.44. The van der Waals surface area contributed by atoms with Crippen LogP contribution in [0.2, 0.25) is 0 Å². The summed E-state index contributed by atoms with van der Waals surface area (Å²) in [5.41, 5.74) is 0.202. The van der Waals surface area contributed by atoms with Crippen LogP contribution in [-0.4, -0.2) is 41.3 Å². The third-order valence-corrected chi connectivity index (χ3v) is 6.92. The number of nitrogens with zero attached hydrogens (tertiary/aromatic N) is 1. The van der Waals surface area contributed by atoms with Gasteiger partial charge in [-0.1, -0.05) is 32.9 Å². The number of benzene rings is 1. The number of hydrogen-bond acceptors (Lipinski definition) is 4. The minimum Gasteiger partial charge on any atom is -0.461 e. The molecule has 0 spiro atoms. The molecule has 1 saturated carbocycles. The molecule has 1 aromatic carbocycles. The summed E-state index contributed by atoms with van der Waals surface area (Å²) in [5.74, 6) is 0.801. The van der Waals surface area contributed by atoms with Crippen molar-refractivity contribution in [2.24, 2.45) is 23.7 Å². The molecule has 1 aliphatic heterocycles. The number of esters is 1. The summed E-state index contributed by atoms with van der Waals surface area (Å²) in [7, 11) is 0. The van der Waals surface area contributed by atoms with Crippen molar-refractivity contribution >= 4 is 12.1 Å². The maximum Gasteiger partial charge on any atom is 0.411 e. The van der Waals surface area contributed by atoms with Gasteiger partial charge in [-0.2, -0.15) is 0 Å². The van der Waals surface area contributed by atoms with Gasteiger partial charge >= 0.3 is 12.1 Å². The van der Waals surface area contributed by atoms with Crippen molar-refractivity contribution in [2.75, 3.05) is 6.54 Å². The van der Waals surface area contributed by atoms with Crippen molar-refractivity contribution in [3.8, 4) is 0 Å². The molecular weight excluding hydrogens is 421 g/mol. The van der Waals surface area contributed by atoms with Crippen molar-refractivity contribution < 1.29 is 23.5 Å². The Morgan fingerprint density at radius 1 is 1.18 bits per heavy atom. The Morgan fingerprint density at radius 2 is 1.91 bits per heavy atom. The Hall–Kier alpha value is -2.11. The molecule has 2 aliphatic rings. The number of carbonyl (C=O) groups excluding carboxylic acids is 2. The van der Waals surface area contributed by atoms with E-state index in [9.17, 15) is 14.0 Å². The van der Waals surface area contributed by atoms with Crippen LogP contribution in [-0.2, 0) is 20.7 Å². The van der Waals surface area contributed by atoms with E-state index < -0.39 is 17.7 Å². The van der Waals surface area contributed by atoms with E-state index in [1.54, 1.807) is 6.07 Å². The summed E-state index contributed by atoms with van der Waals surface area (Å²) in [6.07, 6.45) is 3.43. The van der Waals surface area contributed by atoms with E-state index >= 15 is 0 Å². The minimum absolute atomic E-state index is 0.0316. The molecule has 1 saturated heterocycles. The summed E-state index contributed by atoms with van der Waals surface area (Å²) < 4.78 is 25.3. The molecule has 1 heterocycles. The molecular formula is C27H40FNO4. The Kier molecular flexibility index (Phi) is 8.07. The number of halogens is 1. The maximum atomic E-state index is 13.7. The SMILES string of the molecule is CC1CCC(OC(=O)C2CC(Cc3cccc(F)c3)CN2C(=O)OC(C)(C)C)C(C(C)C)C1. The second-order valence-corrected chi connectivity index (χ2v) is 11.4. The molecule has 184 valence electrons. The number of hydrogen-bond donors (Lipinski definition) is 0. The summed E-state index contributed by atoms with van der Waals surface area (Å²) >= 11 is 0. The lowest BCUT2D eigenvalue weighted by Gasteiger charge is -2.37. The fourth-order valence-corrected chi connectivity index (χ4v) is 5.29. The number of carbonyl (C=O) groups is 2. The van der Waals surface area contributed by atoms with Crippen molar-refractivity contribution in [2.45, 2.75) is 91.4 Å². The van der Waals surface area contributed by atoms with E-state index in [4.69, 9.17) is 9.47 Å². The lowest BCUT2D eigenvalue weighted by atomic mass is 9.75. The molecule has 6 heteroatoms. The van der Waals surface area contributed by atoms with E-state index in [2.05, 4.69) is 20.8 Å². The highest BCUT2D eigenvalue weighted by molar-refractivity contribution is 5.82. The standard InChI is InChI=1S/C27H40FNO4/c1-17(2)22-12-18(3)10-11-24(22)32-25(30)23-15-20(13-19-8-7-9-21(28)14-19)16-29(23)26(31)33-27(4,5)6/h7-9,14,17-18,20,22-24H,10-13,15-16H2,1-6H3. The average Bonchev–Trinajstić information content (AvgIpc) is 3.12. The smallest absolute Gasteiger partial charge is 0.411 e. The molecule has 0 aromatic heterocycles. The Bertz CT molecular complexity index is 834. The topological polar surface area (TPSA) is 55.8 Å². The molecule has 0 radical (unpaired) electrons. The normalized spacial score (nSPS) is 28.1. The maximum absolute atomic E-state index is 13.7. The lowest BCUT2D eigenvalue weighted by Crippen LogP contribution is -2.46. The zero-order valence-electron chi connectivity index (χ0n) is 21.0. The Balaban J connectivity index is 1.75. The number of amides is 1. The van der Waals surface area contributed by atoms with E-state index in [1.165, 1.54) is 17.0 Å². The summed E-state index contributed by atoms with van der Waals surface area (Å²) in [6, 6.07) is 5.82. The van der Waals surface area contributed by atoms with Crippen molar-refractivity contribution in [3.05, 3.63) is 35.6 Å². The first kappa shape index (κ1) is 25.5. The number of rotatable bonds is 5. The molecule has 33 heavy (non-hydrogen) atoms. The van der Waals surface area contributed by atoms with Crippen LogP contribution in [0.1, 0.15) is 72.8 Å². The van der Waals surface area contributed by atoms with Crippen LogP contribution >= 0.6 is 0 Å². The van der Waals surface area contributed by atoms with E-state index in [-0.39, 0.29) is 23.8 Å². The van der Waals surface area contributed by atoms with Crippen LogP contribution in [0.4, 0.5) is 9.18 Å². The predicted molar refractivity (Wildman–Crippen MR) is 126 cm³/mol. The van der Waals surface area contributed by atoms with Crippen LogP contribution in [0.25, 0.3) is 0 Å². The van der Waals surface area contributed by atoms with Gasteiger partial charge in [0.15, 0.2) is 0 Å². The first-order valence-corrected chi connectivity index (χ1v) is 12.4. The second kappa shape index (κ2) is 10.4. The Labute approximate surface area is 198 Å². The first-order chi connectivity index (χ1) is 15.4. The minimum atomic E-state index is -0.675. The third kappa shape index (κ3) is 6.94. The molecule has 5 unspecified atom stereocenters. The van der Waals surface area contributed by atoms with Gasteiger partial charge in [-0.25, -0.2) is 14.0 Å². The van der Waals surface area contributed by atoms with E-state index in [0.29, 0.717) is 37.1 Å². The van der Waals surface area contributed by atoms with Crippen molar-refractivity contribution in [1.29, 1.82) is 0 Å². The highest BCUT2D eigenvalue weighted by Crippen LogP contribution is 2.37. The molecule has 5 atom stereocenters. The third-order valence-electron chi connectivity index (χ3n) is 6.92. The fourth-order valence-electron chi connectivity index (χ4n) is 5.29. The van der Waals surface area contributed by atoms with Gasteiger partial charge in [-0.15, -0.1) is 0 Å². The number of likely N-dealkylation sites (tertiary alicyclic amines) is 1. The van der Waals surface area contributed by atoms with Gasteiger partial charge in [-0.05, 0) is 94.2 Å². The van der Waals surface area contributed by atoms with Crippen LogP contribution in [0, 0.1) is 29.5 Å². The van der Waals surface area contributed by atoms with Crippen LogP contribution < -0.4 is 0 Å². The van der Waals surface area contributed by atoms with E-state index in [0.717, 1.165) is 24.8 Å². The average molecular weight is 462 g/mol. The molecule has 5 nitrogen and oxygen atoms in total. The van der Waals surface area contributed by atoms with Crippen LogP contribution in [0.3, 0.4) is 0 Å². The molecule has 2 fully saturated rings. The monoisotopic (exact) mass is 461 g/mol. The van der Waals surface area contributed by atoms with Gasteiger partial charge in [-0.3, -0.25) is 4.90 Å². The van der Waals surface area contributed by atoms with Crippen molar-refractivity contribution in [3.63, 3.8) is 0 Å². The molecule has 0 N–H and O–H groups in total. The Morgan fingerprint density at radius 3 is 2.55 bits per heavy atom. The zero-order valence-corrected chi connectivity index (χ0v) is 21.0. The van der Waals surface area contributed by atoms with Crippen LogP contribution in [0.5, 0.6) is 0 Å². The summed E-state index contributed by atoms with van der Waals surface area (Å²) in [5, 5.41) is 0. The molecule has 1 amide bonds. The van der Waals surface area contributed by atoms with Gasteiger partial charge in [0, 0.05) is 6.54 Å². The van der Waals surface area contributed by atoms with Gasteiger partial charge in [0.25, 0.3) is 0 Å². The number of ether oxygens (including phenoxy) is 2. The van der Waals surface area contributed by atoms with Gasteiger partial charge in [0.1, 0.15) is 23.6 Å². The quantitative estimate of drug-likeness (QED) is 0.505. The summed E-state index contributed by atoms with van der Waals surface area (Å²) in [6.45, 7) is 12.5. The molecule has 1 aromatic rings. The lowest BCUT2D eigenvalue weighted by molar-refractivity contribution is -0.160. The van der Waals surface area contributed by atoms with E-state index in [1.807, 2.05) is 26.8 Å². The largest absolute Gasteiger partial charge is 0.461 e. The van der Waals surface area contributed by atoms with Gasteiger partial charge in [0.05, 0.1) is 0 Å². The predicted octanol–water partition coefficient (Wildman–Crippen LogP) is 6.00. The molecule has 3 rings (SSSR count). The molecule has 0 bridgehead atoms. The molecule has 1 aliphatic carbocycles. The van der Waals surface area contributed by atoms with Gasteiger partial charge in [0.2, 0.25) is 0 Å². The summed E-state index contributed by atoms with van der Waals surface area (Å²) in [4.78, 5) is 27.9. The second-order valence-electron chi connectivity index (χ2n) is 11.4. The first-order valence-electron chi connectivity index (χ1n) is 12.4. The fraction of sp³-hybridized carbons (Fsp3) is 0.704. The zero-order chi connectivity index (χ0) is 24.3.